The van der Waals surface area contributed by atoms with E-state index in [2.05, 4.69) is 12.2 Å². The van der Waals surface area contributed by atoms with Gasteiger partial charge in [-0.3, -0.25) is 9.59 Å². The van der Waals surface area contributed by atoms with Crippen LogP contribution in [0.5, 0.6) is 0 Å². The van der Waals surface area contributed by atoms with Crippen molar-refractivity contribution in [2.24, 2.45) is 5.92 Å². The molecule has 0 aromatic carbocycles. The lowest BCUT2D eigenvalue weighted by Crippen LogP contribution is -2.34. The van der Waals surface area contributed by atoms with Crippen LogP contribution in [0.25, 0.3) is 0 Å². The van der Waals surface area contributed by atoms with E-state index in [0.29, 0.717) is 12.3 Å². The lowest BCUT2D eigenvalue weighted by Gasteiger charge is -2.14. The molecule has 0 aliphatic heterocycles. The summed E-state index contributed by atoms with van der Waals surface area (Å²) in [6, 6.07) is -0.288. The van der Waals surface area contributed by atoms with Crippen LogP contribution in [0.15, 0.2) is 0 Å². The lowest BCUT2D eigenvalue weighted by atomic mass is 10.0. The van der Waals surface area contributed by atoms with Gasteiger partial charge >= 0.3 is 5.97 Å². The molecule has 0 aliphatic carbocycles. The fourth-order valence-electron chi connectivity index (χ4n) is 1.56. The van der Waals surface area contributed by atoms with Crippen molar-refractivity contribution < 1.29 is 14.7 Å². The van der Waals surface area contributed by atoms with Gasteiger partial charge in [-0.25, -0.2) is 0 Å². The summed E-state index contributed by atoms with van der Waals surface area (Å²) in [5.41, 5.74) is 0. The van der Waals surface area contributed by atoms with Crippen LogP contribution in [0, 0.1) is 5.92 Å². The average molecular weight is 215 g/mol. The first-order valence-corrected chi connectivity index (χ1v) is 5.46. The van der Waals surface area contributed by atoms with Crippen LogP contribution in [-0.2, 0) is 9.59 Å². The predicted molar refractivity (Wildman–Crippen MR) is 58.5 cm³/mol. The maximum atomic E-state index is 11.4. The molecule has 0 aromatic heterocycles. The molecule has 2 atom stereocenters. The highest BCUT2D eigenvalue weighted by Gasteiger charge is 2.13. The van der Waals surface area contributed by atoms with Crippen LogP contribution in [0.3, 0.4) is 0 Å². The largest absolute Gasteiger partial charge is 0.481 e. The number of amides is 1. The Hall–Kier alpha value is -1.06. The molecule has 0 radical (unpaired) electrons. The third kappa shape index (κ3) is 7.97. The van der Waals surface area contributed by atoms with Crippen molar-refractivity contribution in [1.82, 2.24) is 5.32 Å². The van der Waals surface area contributed by atoms with Gasteiger partial charge in [-0.15, -0.1) is 0 Å². The Balaban J connectivity index is 3.77. The van der Waals surface area contributed by atoms with E-state index in [-0.39, 0.29) is 18.4 Å². The molecule has 1 amide bonds. The van der Waals surface area contributed by atoms with Gasteiger partial charge in [0.25, 0.3) is 0 Å². The van der Waals surface area contributed by atoms with Gasteiger partial charge in [-0.1, -0.05) is 26.7 Å². The number of carboxylic acids is 1. The highest BCUT2D eigenvalue weighted by Crippen LogP contribution is 2.09. The number of aliphatic carboxylic acids is 1. The fraction of sp³-hybridized carbons (Fsp3) is 0.818. The first-order valence-electron chi connectivity index (χ1n) is 5.46. The molecule has 0 saturated carbocycles. The van der Waals surface area contributed by atoms with E-state index >= 15 is 0 Å². The van der Waals surface area contributed by atoms with Gasteiger partial charge in [0.05, 0.1) is 6.42 Å². The summed E-state index contributed by atoms with van der Waals surface area (Å²) in [6.45, 7) is 5.82. The summed E-state index contributed by atoms with van der Waals surface area (Å²) in [5, 5.41) is 11.2. The second kappa shape index (κ2) is 7.26. The lowest BCUT2D eigenvalue weighted by molar-refractivity contribution is -0.137. The summed E-state index contributed by atoms with van der Waals surface area (Å²) < 4.78 is 0. The zero-order valence-electron chi connectivity index (χ0n) is 9.75. The summed E-state index contributed by atoms with van der Waals surface area (Å²) in [7, 11) is 0. The minimum atomic E-state index is -0.885. The minimum absolute atomic E-state index is 0.0199. The number of hydrogen-bond acceptors (Lipinski definition) is 2. The normalized spacial score (nSPS) is 14.3. The molecular weight excluding hydrogens is 194 g/mol. The molecule has 0 aliphatic rings. The molecule has 2 N–H and O–H groups in total. The van der Waals surface area contributed by atoms with Crippen LogP contribution in [0.1, 0.15) is 46.5 Å². The quantitative estimate of drug-likeness (QED) is 0.680. The number of carbonyl (C=O) groups is 2. The zero-order chi connectivity index (χ0) is 11.8. The van der Waals surface area contributed by atoms with E-state index in [1.54, 1.807) is 6.92 Å². The Labute approximate surface area is 91.1 Å². The van der Waals surface area contributed by atoms with E-state index < -0.39 is 5.97 Å². The molecular formula is C11H21NO3. The molecule has 2 unspecified atom stereocenters. The number of carbonyl (C=O) groups excluding carboxylic acids is 1. The molecule has 0 bridgehead atoms. The van der Waals surface area contributed by atoms with Crippen LogP contribution in [0.4, 0.5) is 0 Å². The fourth-order valence-corrected chi connectivity index (χ4v) is 1.56. The molecule has 0 fully saturated rings. The van der Waals surface area contributed by atoms with Gasteiger partial charge in [0.1, 0.15) is 0 Å². The second-order valence-electron chi connectivity index (χ2n) is 4.16. The van der Waals surface area contributed by atoms with Crippen LogP contribution >= 0.6 is 0 Å². The van der Waals surface area contributed by atoms with Gasteiger partial charge in [-0.05, 0) is 12.8 Å². The Bertz CT molecular complexity index is 216. The molecule has 0 spiro atoms. The van der Waals surface area contributed by atoms with E-state index in [0.717, 1.165) is 12.8 Å². The van der Waals surface area contributed by atoms with E-state index in [1.165, 1.54) is 0 Å². The molecule has 0 aromatic rings. The summed E-state index contributed by atoms with van der Waals surface area (Å²) >= 11 is 0. The minimum Gasteiger partial charge on any atom is -0.481 e. The highest BCUT2D eigenvalue weighted by atomic mass is 16.4. The Morgan fingerprint density at radius 3 is 2.33 bits per heavy atom. The second-order valence-corrected chi connectivity index (χ2v) is 4.16. The maximum Gasteiger partial charge on any atom is 0.305 e. The van der Waals surface area contributed by atoms with Crippen LogP contribution < -0.4 is 5.32 Å². The summed E-state index contributed by atoms with van der Waals surface area (Å²) in [5.74, 6) is -0.568. The zero-order valence-corrected chi connectivity index (χ0v) is 9.75. The summed E-state index contributed by atoms with van der Waals surface area (Å²) in [6.07, 6.45) is 2.56. The van der Waals surface area contributed by atoms with Crippen molar-refractivity contribution in [2.45, 2.75) is 52.5 Å². The first-order chi connectivity index (χ1) is 6.95. The Morgan fingerprint density at radius 1 is 1.27 bits per heavy atom. The van der Waals surface area contributed by atoms with Crippen LogP contribution in [0.2, 0.25) is 0 Å². The van der Waals surface area contributed by atoms with Crippen molar-refractivity contribution >= 4 is 11.9 Å². The average Bonchev–Trinajstić information content (AvgIpc) is 2.00. The van der Waals surface area contributed by atoms with E-state index in [1.807, 2.05) is 6.92 Å². The number of carboxylic acid groups (broad SMARTS) is 1. The third-order valence-corrected chi connectivity index (χ3v) is 2.20. The van der Waals surface area contributed by atoms with Gasteiger partial charge < -0.3 is 10.4 Å². The molecule has 0 saturated heterocycles. The number of nitrogens with one attached hydrogen (secondary N) is 1. The van der Waals surface area contributed by atoms with Crippen molar-refractivity contribution in [1.29, 1.82) is 0 Å². The van der Waals surface area contributed by atoms with Gasteiger partial charge in [0, 0.05) is 12.5 Å². The topological polar surface area (TPSA) is 66.4 Å². The van der Waals surface area contributed by atoms with E-state index in [9.17, 15) is 9.59 Å². The third-order valence-electron chi connectivity index (χ3n) is 2.20. The first kappa shape index (κ1) is 13.9. The monoisotopic (exact) mass is 215 g/mol. The van der Waals surface area contributed by atoms with Crippen LogP contribution in [-0.4, -0.2) is 23.0 Å². The van der Waals surface area contributed by atoms with Crippen molar-refractivity contribution in [2.75, 3.05) is 0 Å². The number of rotatable bonds is 7. The standard InChI is InChI=1S/C11H21NO3/c1-4-5-8(2)6-10(13)12-9(3)7-11(14)15/h8-9H,4-7H2,1-3H3,(H,12,13)(H,14,15). The summed E-state index contributed by atoms with van der Waals surface area (Å²) in [4.78, 5) is 21.8. The smallest absolute Gasteiger partial charge is 0.305 e. The van der Waals surface area contributed by atoms with Crippen molar-refractivity contribution in [3.05, 3.63) is 0 Å². The highest BCUT2D eigenvalue weighted by molar-refractivity contribution is 5.77. The SMILES string of the molecule is CCCC(C)CC(=O)NC(C)CC(=O)O. The van der Waals surface area contributed by atoms with Gasteiger partial charge in [0.2, 0.25) is 5.91 Å². The molecule has 0 heterocycles. The van der Waals surface area contributed by atoms with Gasteiger partial charge in [-0.2, -0.15) is 0 Å². The van der Waals surface area contributed by atoms with Crippen molar-refractivity contribution in [3.63, 3.8) is 0 Å². The molecule has 4 heteroatoms. The maximum absolute atomic E-state index is 11.4. The molecule has 88 valence electrons. The number of hydrogen-bond donors (Lipinski definition) is 2. The van der Waals surface area contributed by atoms with Gasteiger partial charge in [0.15, 0.2) is 0 Å². The molecule has 15 heavy (non-hydrogen) atoms. The predicted octanol–water partition coefficient (Wildman–Crippen LogP) is 1.79. The molecule has 0 rings (SSSR count). The van der Waals surface area contributed by atoms with E-state index in [4.69, 9.17) is 5.11 Å². The molecule has 4 nitrogen and oxygen atoms in total. The Morgan fingerprint density at radius 2 is 1.87 bits per heavy atom. The van der Waals surface area contributed by atoms with Crippen molar-refractivity contribution in [3.8, 4) is 0 Å². The Kier molecular flexibility index (Phi) is 6.75.